The summed E-state index contributed by atoms with van der Waals surface area (Å²) < 4.78 is 0. The van der Waals surface area contributed by atoms with Gasteiger partial charge < -0.3 is 11.1 Å². The van der Waals surface area contributed by atoms with Gasteiger partial charge in [0.15, 0.2) is 0 Å². The maximum Gasteiger partial charge on any atom is 0.244 e. The van der Waals surface area contributed by atoms with Crippen molar-refractivity contribution in [1.82, 2.24) is 5.32 Å². The van der Waals surface area contributed by atoms with Gasteiger partial charge in [-0.2, -0.15) is 0 Å². The molecule has 1 heterocycles. The Balaban J connectivity index is 1.99. The van der Waals surface area contributed by atoms with Crippen molar-refractivity contribution in [2.24, 2.45) is 11.7 Å². The number of nitrogens with one attached hydrogen (secondary N) is 1. The molecule has 1 aromatic heterocycles. The Morgan fingerprint density at radius 3 is 3.11 bits per heavy atom. The van der Waals surface area contributed by atoms with Crippen LogP contribution in [0.4, 0.5) is 0 Å². The van der Waals surface area contributed by atoms with Crippen molar-refractivity contribution in [1.29, 1.82) is 0 Å². The first-order valence-corrected chi connectivity index (χ1v) is 7.78. The van der Waals surface area contributed by atoms with Crippen LogP contribution in [0.1, 0.15) is 37.5 Å². The summed E-state index contributed by atoms with van der Waals surface area (Å²) in [6, 6.07) is 3.98. The van der Waals surface area contributed by atoms with Gasteiger partial charge in [0, 0.05) is 17.5 Å². The summed E-state index contributed by atoms with van der Waals surface area (Å²) in [6.45, 7) is 2.71. The summed E-state index contributed by atoms with van der Waals surface area (Å²) in [5.41, 5.74) is 5.72. The molecule has 0 spiro atoms. The molecule has 0 saturated heterocycles. The largest absolute Gasteiger partial charge is 0.346 e. The summed E-state index contributed by atoms with van der Waals surface area (Å²) in [6.07, 6.45) is 8.00. The van der Waals surface area contributed by atoms with E-state index in [2.05, 4.69) is 12.2 Å². The molecule has 1 amide bonds. The van der Waals surface area contributed by atoms with E-state index < -0.39 is 0 Å². The average molecular weight is 278 g/mol. The first kappa shape index (κ1) is 14.3. The third-order valence-corrected chi connectivity index (χ3v) is 4.97. The quantitative estimate of drug-likeness (QED) is 0.832. The normalized spacial score (nSPS) is 27.6. The highest BCUT2D eigenvalue weighted by atomic mass is 32.1. The zero-order valence-corrected chi connectivity index (χ0v) is 12.2. The van der Waals surface area contributed by atoms with Gasteiger partial charge in [0.1, 0.15) is 0 Å². The van der Waals surface area contributed by atoms with Crippen molar-refractivity contribution >= 4 is 23.3 Å². The second-order valence-electron chi connectivity index (χ2n) is 5.35. The molecular formula is C15H22N2OS. The predicted molar refractivity (Wildman–Crippen MR) is 80.9 cm³/mol. The molecule has 2 unspecified atom stereocenters. The van der Waals surface area contributed by atoms with Crippen LogP contribution in [0, 0.1) is 5.92 Å². The monoisotopic (exact) mass is 278 g/mol. The van der Waals surface area contributed by atoms with Crippen LogP contribution >= 0.6 is 11.3 Å². The summed E-state index contributed by atoms with van der Waals surface area (Å²) in [5, 5.41) is 5.15. The lowest BCUT2D eigenvalue weighted by Crippen LogP contribution is -2.58. The molecule has 0 aliphatic heterocycles. The molecule has 3 N–H and O–H groups in total. The van der Waals surface area contributed by atoms with Crippen molar-refractivity contribution in [3.63, 3.8) is 0 Å². The predicted octanol–water partition coefficient (Wildman–Crippen LogP) is 2.79. The molecule has 4 heteroatoms. The molecule has 0 bridgehead atoms. The van der Waals surface area contributed by atoms with Gasteiger partial charge in [-0.05, 0) is 36.3 Å². The minimum Gasteiger partial charge on any atom is -0.346 e. The SMILES string of the molecule is CC1CCCCC1(CN)NC(=O)/C=C/c1cccs1. The van der Waals surface area contributed by atoms with Crippen LogP contribution in [0.15, 0.2) is 23.6 Å². The van der Waals surface area contributed by atoms with E-state index in [-0.39, 0.29) is 11.4 Å². The molecule has 2 atom stereocenters. The van der Waals surface area contributed by atoms with Gasteiger partial charge in [-0.15, -0.1) is 11.3 Å². The fourth-order valence-electron chi connectivity index (χ4n) is 2.78. The maximum absolute atomic E-state index is 12.1. The number of hydrogen-bond acceptors (Lipinski definition) is 3. The highest BCUT2D eigenvalue weighted by Crippen LogP contribution is 2.32. The fraction of sp³-hybridized carbons (Fsp3) is 0.533. The smallest absolute Gasteiger partial charge is 0.244 e. The molecular weight excluding hydrogens is 256 g/mol. The van der Waals surface area contributed by atoms with E-state index in [4.69, 9.17) is 5.73 Å². The van der Waals surface area contributed by atoms with Gasteiger partial charge in [0.2, 0.25) is 5.91 Å². The zero-order chi connectivity index (χ0) is 13.7. The van der Waals surface area contributed by atoms with E-state index in [1.54, 1.807) is 17.4 Å². The fourth-order valence-corrected chi connectivity index (χ4v) is 3.40. The lowest BCUT2D eigenvalue weighted by Gasteiger charge is -2.42. The minimum atomic E-state index is -0.213. The van der Waals surface area contributed by atoms with E-state index in [1.165, 1.54) is 6.42 Å². The summed E-state index contributed by atoms with van der Waals surface area (Å²) in [5.74, 6) is 0.415. The number of rotatable bonds is 4. The molecule has 1 aliphatic carbocycles. The Labute approximate surface area is 118 Å². The third kappa shape index (κ3) is 3.45. The lowest BCUT2D eigenvalue weighted by molar-refractivity contribution is -0.119. The van der Waals surface area contributed by atoms with Crippen molar-refractivity contribution in [3.05, 3.63) is 28.5 Å². The third-order valence-electron chi connectivity index (χ3n) is 4.13. The lowest BCUT2D eigenvalue weighted by atomic mass is 9.73. The number of thiophene rings is 1. The van der Waals surface area contributed by atoms with Crippen LogP contribution in [0.2, 0.25) is 0 Å². The second-order valence-corrected chi connectivity index (χ2v) is 6.32. The van der Waals surface area contributed by atoms with Crippen molar-refractivity contribution in [2.45, 2.75) is 38.1 Å². The number of carbonyl (C=O) groups excluding carboxylic acids is 1. The van der Waals surface area contributed by atoms with Crippen LogP contribution in [-0.4, -0.2) is 18.0 Å². The van der Waals surface area contributed by atoms with Crippen molar-refractivity contribution in [2.75, 3.05) is 6.54 Å². The van der Waals surface area contributed by atoms with Crippen molar-refractivity contribution < 1.29 is 4.79 Å². The topological polar surface area (TPSA) is 55.1 Å². The van der Waals surface area contributed by atoms with E-state index >= 15 is 0 Å². The maximum atomic E-state index is 12.1. The standard InChI is InChI=1S/C15H22N2OS/c1-12-5-2-3-9-15(12,11-16)17-14(18)8-7-13-6-4-10-19-13/h4,6-8,10,12H,2-3,5,9,11,16H2,1H3,(H,17,18)/b8-7+. The molecule has 1 aliphatic rings. The van der Waals surface area contributed by atoms with Gasteiger partial charge in [-0.3, -0.25) is 4.79 Å². The number of carbonyl (C=O) groups is 1. The first-order valence-electron chi connectivity index (χ1n) is 6.90. The van der Waals surface area contributed by atoms with Gasteiger partial charge in [0.05, 0.1) is 5.54 Å². The Morgan fingerprint density at radius 2 is 2.47 bits per heavy atom. The highest BCUT2D eigenvalue weighted by Gasteiger charge is 2.37. The molecule has 0 radical (unpaired) electrons. The Kier molecular flexibility index (Phi) is 4.77. The molecule has 0 aromatic carbocycles. The van der Waals surface area contributed by atoms with Crippen LogP contribution in [0.5, 0.6) is 0 Å². The van der Waals surface area contributed by atoms with Crippen LogP contribution in [0.3, 0.4) is 0 Å². The number of amides is 1. The van der Waals surface area contributed by atoms with Crippen LogP contribution in [0.25, 0.3) is 6.08 Å². The molecule has 1 fully saturated rings. The molecule has 104 valence electrons. The molecule has 2 rings (SSSR count). The highest BCUT2D eigenvalue weighted by molar-refractivity contribution is 7.10. The van der Waals surface area contributed by atoms with Gasteiger partial charge >= 0.3 is 0 Å². The Morgan fingerprint density at radius 1 is 1.63 bits per heavy atom. The van der Waals surface area contributed by atoms with E-state index in [9.17, 15) is 4.79 Å². The average Bonchev–Trinajstić information content (AvgIpc) is 2.92. The zero-order valence-electron chi connectivity index (χ0n) is 11.4. The summed E-state index contributed by atoms with van der Waals surface area (Å²) >= 11 is 1.62. The van der Waals surface area contributed by atoms with Crippen LogP contribution < -0.4 is 11.1 Å². The van der Waals surface area contributed by atoms with E-state index in [0.29, 0.717) is 12.5 Å². The summed E-state index contributed by atoms with van der Waals surface area (Å²) in [4.78, 5) is 13.2. The first-order chi connectivity index (χ1) is 9.16. The summed E-state index contributed by atoms with van der Waals surface area (Å²) in [7, 11) is 0. The Bertz CT molecular complexity index is 441. The van der Waals surface area contributed by atoms with E-state index in [0.717, 1.165) is 24.1 Å². The number of nitrogens with two attached hydrogens (primary N) is 1. The molecule has 3 nitrogen and oxygen atoms in total. The molecule has 1 saturated carbocycles. The van der Waals surface area contributed by atoms with Gasteiger partial charge in [-0.1, -0.05) is 25.8 Å². The Hall–Kier alpha value is -1.13. The van der Waals surface area contributed by atoms with Gasteiger partial charge in [0.25, 0.3) is 0 Å². The number of hydrogen-bond donors (Lipinski definition) is 2. The molecule has 1 aromatic rings. The van der Waals surface area contributed by atoms with Crippen LogP contribution in [-0.2, 0) is 4.79 Å². The second kappa shape index (κ2) is 6.35. The van der Waals surface area contributed by atoms with Crippen molar-refractivity contribution in [3.8, 4) is 0 Å². The molecule has 19 heavy (non-hydrogen) atoms. The van der Waals surface area contributed by atoms with E-state index in [1.807, 2.05) is 23.6 Å². The minimum absolute atomic E-state index is 0.0346. The van der Waals surface area contributed by atoms with Gasteiger partial charge in [-0.25, -0.2) is 0 Å².